The fourth-order valence-corrected chi connectivity index (χ4v) is 3.26. The molecule has 22 heavy (non-hydrogen) atoms. The smallest absolute Gasteiger partial charge is 0.261 e. The Labute approximate surface area is 134 Å². The summed E-state index contributed by atoms with van der Waals surface area (Å²) in [7, 11) is 0. The Bertz CT molecular complexity index is 896. The van der Waals surface area contributed by atoms with Crippen LogP contribution in [0.5, 0.6) is 0 Å². The first-order valence-electron chi connectivity index (χ1n) is 6.72. The lowest BCUT2D eigenvalue weighted by Gasteiger charge is -2.27. The molecule has 3 aromatic rings. The fraction of sp³-hybridized carbons (Fsp3) is 0.0625. The van der Waals surface area contributed by atoms with Crippen LogP contribution >= 0.6 is 15.9 Å². The third-order valence-corrected chi connectivity index (χ3v) is 4.52. The SMILES string of the molecule is O=C1c2cccc3c(Br)ccc(c23)C(=O)N1Cc1ccn[nH]1. The van der Waals surface area contributed by atoms with Crippen LogP contribution < -0.4 is 0 Å². The van der Waals surface area contributed by atoms with Crippen molar-refractivity contribution in [1.82, 2.24) is 15.1 Å². The van der Waals surface area contributed by atoms with Gasteiger partial charge in [0.25, 0.3) is 11.8 Å². The molecule has 1 aliphatic rings. The predicted octanol–water partition coefficient (Wildman–Crippen LogP) is 3.12. The average molecular weight is 356 g/mol. The fourth-order valence-electron chi connectivity index (χ4n) is 2.80. The number of rotatable bonds is 2. The Morgan fingerprint density at radius 2 is 1.82 bits per heavy atom. The zero-order valence-electron chi connectivity index (χ0n) is 11.3. The van der Waals surface area contributed by atoms with Crippen LogP contribution in [0.15, 0.2) is 47.1 Å². The Balaban J connectivity index is 1.91. The number of carbonyl (C=O) groups is 2. The van der Waals surface area contributed by atoms with Crippen LogP contribution in [-0.2, 0) is 6.54 Å². The highest BCUT2D eigenvalue weighted by Crippen LogP contribution is 2.34. The summed E-state index contributed by atoms with van der Waals surface area (Å²) in [5, 5.41) is 8.22. The molecule has 0 atom stereocenters. The molecule has 0 saturated heterocycles. The van der Waals surface area contributed by atoms with Crippen LogP contribution in [0.3, 0.4) is 0 Å². The van der Waals surface area contributed by atoms with E-state index in [4.69, 9.17) is 0 Å². The van der Waals surface area contributed by atoms with Crippen molar-refractivity contribution in [3.05, 3.63) is 63.9 Å². The zero-order valence-corrected chi connectivity index (χ0v) is 12.9. The largest absolute Gasteiger partial charge is 0.281 e. The van der Waals surface area contributed by atoms with Crippen LogP contribution in [0.4, 0.5) is 0 Å². The molecule has 108 valence electrons. The molecule has 5 nitrogen and oxygen atoms in total. The number of nitrogens with one attached hydrogen (secondary N) is 1. The number of amides is 2. The van der Waals surface area contributed by atoms with Gasteiger partial charge in [0.15, 0.2) is 0 Å². The van der Waals surface area contributed by atoms with Crippen molar-refractivity contribution in [3.8, 4) is 0 Å². The number of halogens is 1. The summed E-state index contributed by atoms with van der Waals surface area (Å²) in [5.74, 6) is -0.563. The molecule has 2 amide bonds. The summed E-state index contributed by atoms with van der Waals surface area (Å²) < 4.78 is 0.871. The Morgan fingerprint density at radius 1 is 1.05 bits per heavy atom. The molecule has 1 aliphatic heterocycles. The summed E-state index contributed by atoms with van der Waals surface area (Å²) in [4.78, 5) is 26.7. The van der Waals surface area contributed by atoms with Crippen molar-refractivity contribution < 1.29 is 9.59 Å². The first kappa shape index (κ1) is 13.2. The van der Waals surface area contributed by atoms with E-state index >= 15 is 0 Å². The van der Waals surface area contributed by atoms with E-state index in [0.717, 1.165) is 15.6 Å². The van der Waals surface area contributed by atoms with E-state index in [1.807, 2.05) is 18.2 Å². The number of hydrogen-bond donors (Lipinski definition) is 1. The predicted molar refractivity (Wildman–Crippen MR) is 84.4 cm³/mol. The van der Waals surface area contributed by atoms with Crippen LogP contribution in [0.2, 0.25) is 0 Å². The molecule has 6 heteroatoms. The van der Waals surface area contributed by atoms with Crippen molar-refractivity contribution in [2.45, 2.75) is 6.54 Å². The van der Waals surface area contributed by atoms with E-state index in [1.54, 1.807) is 24.4 Å². The lowest BCUT2D eigenvalue weighted by atomic mass is 9.94. The molecule has 2 heterocycles. The van der Waals surface area contributed by atoms with Gasteiger partial charge in [0, 0.05) is 27.2 Å². The molecule has 4 rings (SSSR count). The van der Waals surface area contributed by atoms with E-state index in [2.05, 4.69) is 26.1 Å². The van der Waals surface area contributed by atoms with Gasteiger partial charge in [-0.05, 0) is 29.7 Å². The van der Waals surface area contributed by atoms with E-state index in [-0.39, 0.29) is 18.4 Å². The topological polar surface area (TPSA) is 66.1 Å². The second-order valence-electron chi connectivity index (χ2n) is 5.10. The molecule has 0 aliphatic carbocycles. The second kappa shape index (κ2) is 4.78. The van der Waals surface area contributed by atoms with Crippen molar-refractivity contribution >= 4 is 38.5 Å². The first-order valence-corrected chi connectivity index (χ1v) is 7.52. The molecule has 0 radical (unpaired) electrons. The minimum absolute atomic E-state index is 0.184. The van der Waals surface area contributed by atoms with Gasteiger partial charge in [0.1, 0.15) is 0 Å². The maximum absolute atomic E-state index is 12.7. The van der Waals surface area contributed by atoms with Gasteiger partial charge in [-0.1, -0.05) is 28.1 Å². The highest BCUT2D eigenvalue weighted by atomic mass is 79.9. The third kappa shape index (κ3) is 1.80. The number of hydrogen-bond acceptors (Lipinski definition) is 3. The molecule has 0 bridgehead atoms. The van der Waals surface area contributed by atoms with Gasteiger partial charge in [0.05, 0.1) is 12.2 Å². The van der Waals surface area contributed by atoms with Gasteiger partial charge in [0.2, 0.25) is 0 Å². The molecule has 1 aromatic heterocycles. The average Bonchev–Trinajstić information content (AvgIpc) is 3.03. The Hall–Kier alpha value is -2.47. The number of imide groups is 1. The van der Waals surface area contributed by atoms with Crippen LogP contribution in [0, 0.1) is 0 Å². The van der Waals surface area contributed by atoms with Gasteiger partial charge in [-0.2, -0.15) is 5.10 Å². The number of aromatic amines is 1. The van der Waals surface area contributed by atoms with Gasteiger partial charge < -0.3 is 0 Å². The molecular weight excluding hydrogens is 346 g/mol. The van der Waals surface area contributed by atoms with Gasteiger partial charge >= 0.3 is 0 Å². The highest BCUT2D eigenvalue weighted by molar-refractivity contribution is 9.10. The molecule has 2 aromatic carbocycles. The van der Waals surface area contributed by atoms with E-state index < -0.39 is 0 Å². The Morgan fingerprint density at radius 3 is 2.55 bits per heavy atom. The number of H-pyrrole nitrogens is 1. The molecule has 0 fully saturated rings. The summed E-state index contributed by atoms with van der Waals surface area (Å²) in [6.07, 6.45) is 1.60. The molecular formula is C16H10BrN3O2. The number of carbonyl (C=O) groups excluding carboxylic acids is 2. The van der Waals surface area contributed by atoms with E-state index in [0.29, 0.717) is 16.5 Å². The van der Waals surface area contributed by atoms with Crippen molar-refractivity contribution in [1.29, 1.82) is 0 Å². The molecule has 0 saturated carbocycles. The summed E-state index contributed by atoms with van der Waals surface area (Å²) >= 11 is 3.47. The lowest BCUT2D eigenvalue weighted by Crippen LogP contribution is -2.39. The normalized spacial score (nSPS) is 14.0. The van der Waals surface area contributed by atoms with E-state index in [9.17, 15) is 9.59 Å². The Kier molecular flexibility index (Phi) is 2.87. The van der Waals surface area contributed by atoms with Crippen molar-refractivity contribution in [2.24, 2.45) is 0 Å². The van der Waals surface area contributed by atoms with Gasteiger partial charge in [-0.25, -0.2) is 0 Å². The van der Waals surface area contributed by atoms with Gasteiger partial charge in [-0.15, -0.1) is 0 Å². The third-order valence-electron chi connectivity index (χ3n) is 3.83. The summed E-state index contributed by atoms with van der Waals surface area (Å²) in [6.45, 7) is 0.184. The second-order valence-corrected chi connectivity index (χ2v) is 5.96. The maximum Gasteiger partial charge on any atom is 0.261 e. The number of benzene rings is 2. The van der Waals surface area contributed by atoms with E-state index in [1.165, 1.54) is 4.90 Å². The van der Waals surface area contributed by atoms with Gasteiger partial charge in [-0.3, -0.25) is 19.6 Å². The van der Waals surface area contributed by atoms with Crippen molar-refractivity contribution in [3.63, 3.8) is 0 Å². The maximum atomic E-state index is 12.7. The molecule has 0 unspecified atom stereocenters. The lowest BCUT2D eigenvalue weighted by molar-refractivity contribution is 0.0596. The summed E-state index contributed by atoms with van der Waals surface area (Å²) in [6, 6.07) is 10.8. The minimum atomic E-state index is -0.282. The summed E-state index contributed by atoms with van der Waals surface area (Å²) in [5.41, 5.74) is 1.82. The monoisotopic (exact) mass is 355 g/mol. The van der Waals surface area contributed by atoms with Crippen LogP contribution in [-0.4, -0.2) is 26.9 Å². The quantitative estimate of drug-likeness (QED) is 0.718. The van der Waals surface area contributed by atoms with Crippen molar-refractivity contribution in [2.75, 3.05) is 0 Å². The standard InChI is InChI=1S/C16H10BrN3O2/c17-13-5-4-12-14-10(13)2-1-3-11(14)15(21)20(16(12)22)8-9-6-7-18-19-9/h1-7H,8H2,(H,18,19). The van der Waals surface area contributed by atoms with Crippen LogP contribution in [0.25, 0.3) is 10.8 Å². The van der Waals surface area contributed by atoms with Crippen LogP contribution in [0.1, 0.15) is 26.4 Å². The molecule has 1 N–H and O–H groups in total. The minimum Gasteiger partial charge on any atom is -0.281 e. The number of nitrogens with zero attached hydrogens (tertiary/aromatic N) is 2. The zero-order chi connectivity index (χ0) is 15.3. The highest BCUT2D eigenvalue weighted by Gasteiger charge is 2.33. The first-order chi connectivity index (χ1) is 10.7. The number of aromatic nitrogens is 2. The molecule has 0 spiro atoms.